The van der Waals surface area contributed by atoms with E-state index in [-0.39, 0.29) is 5.91 Å². The van der Waals surface area contributed by atoms with Gasteiger partial charge in [0.05, 0.1) is 21.3 Å². The van der Waals surface area contributed by atoms with Crippen molar-refractivity contribution in [1.82, 2.24) is 10.2 Å². The summed E-state index contributed by atoms with van der Waals surface area (Å²) in [6.45, 7) is 3.73. The Labute approximate surface area is 184 Å². The van der Waals surface area contributed by atoms with Crippen molar-refractivity contribution in [3.05, 3.63) is 59.2 Å². The van der Waals surface area contributed by atoms with E-state index in [9.17, 15) is 4.79 Å². The number of hydrogen-bond donors (Lipinski definition) is 1. The van der Waals surface area contributed by atoms with Gasteiger partial charge in [0.25, 0.3) is 0 Å². The molecule has 1 amide bonds. The van der Waals surface area contributed by atoms with E-state index in [4.69, 9.17) is 14.2 Å². The number of nitrogens with zero attached hydrogens (tertiary/aromatic N) is 1. The van der Waals surface area contributed by atoms with Crippen molar-refractivity contribution in [1.29, 1.82) is 0 Å². The van der Waals surface area contributed by atoms with Crippen molar-refractivity contribution in [2.75, 3.05) is 34.4 Å². The maximum absolute atomic E-state index is 12.5. The summed E-state index contributed by atoms with van der Waals surface area (Å²) in [6.07, 6.45) is 7.09. The molecule has 6 heteroatoms. The van der Waals surface area contributed by atoms with Crippen LogP contribution in [0.25, 0.3) is 6.08 Å². The van der Waals surface area contributed by atoms with E-state index in [1.807, 2.05) is 6.07 Å². The Hall–Kier alpha value is -2.99. The molecule has 1 N–H and O–H groups in total. The van der Waals surface area contributed by atoms with E-state index in [2.05, 4.69) is 28.4 Å². The minimum absolute atomic E-state index is 0.162. The number of carbonyl (C=O) groups is 1. The molecule has 2 aromatic rings. The fourth-order valence-corrected chi connectivity index (χ4v) is 3.83. The first kappa shape index (κ1) is 22.7. The van der Waals surface area contributed by atoms with E-state index in [1.54, 1.807) is 39.5 Å². The van der Waals surface area contributed by atoms with Gasteiger partial charge in [0.1, 0.15) is 5.75 Å². The molecule has 1 heterocycles. The number of likely N-dealkylation sites (tertiary alicyclic amines) is 1. The topological polar surface area (TPSA) is 60.0 Å². The molecule has 1 aliphatic rings. The lowest BCUT2D eigenvalue weighted by atomic mass is 10.0. The van der Waals surface area contributed by atoms with Crippen LogP contribution in [0.2, 0.25) is 0 Å². The van der Waals surface area contributed by atoms with Crippen molar-refractivity contribution in [3.63, 3.8) is 0 Å². The predicted molar refractivity (Wildman–Crippen MR) is 123 cm³/mol. The number of rotatable bonds is 9. The first-order valence-electron chi connectivity index (χ1n) is 10.7. The molecule has 0 aromatic heterocycles. The highest BCUT2D eigenvalue weighted by Crippen LogP contribution is 2.35. The Balaban J connectivity index is 1.64. The fraction of sp³-hybridized carbons (Fsp3) is 0.400. The maximum Gasteiger partial charge on any atom is 0.244 e. The van der Waals surface area contributed by atoms with Gasteiger partial charge in [-0.2, -0.15) is 0 Å². The number of carbonyl (C=O) groups excluding carboxylic acids is 1. The van der Waals surface area contributed by atoms with Crippen molar-refractivity contribution in [3.8, 4) is 17.2 Å². The van der Waals surface area contributed by atoms with Crippen LogP contribution in [0.3, 0.4) is 0 Å². The Kier molecular flexibility index (Phi) is 8.35. The molecule has 2 aromatic carbocycles. The molecule has 0 spiro atoms. The second-order valence-electron chi connectivity index (χ2n) is 7.61. The zero-order valence-electron chi connectivity index (χ0n) is 18.6. The van der Waals surface area contributed by atoms with Crippen LogP contribution in [0.15, 0.2) is 42.5 Å². The second kappa shape index (κ2) is 11.4. The molecule has 1 fully saturated rings. The van der Waals surface area contributed by atoms with Crippen molar-refractivity contribution >= 4 is 12.0 Å². The molecule has 0 saturated carbocycles. The Morgan fingerprint density at radius 1 is 0.935 bits per heavy atom. The van der Waals surface area contributed by atoms with Gasteiger partial charge in [-0.1, -0.05) is 30.7 Å². The average Bonchev–Trinajstić information content (AvgIpc) is 2.82. The SMILES string of the molecule is COc1cc(OC)c(OC)cc1/C=C/C(=O)NCc1ccccc1CN1CCCCC1. The highest BCUT2D eigenvalue weighted by molar-refractivity contribution is 5.92. The number of ether oxygens (including phenoxy) is 3. The summed E-state index contributed by atoms with van der Waals surface area (Å²) >= 11 is 0. The molecule has 31 heavy (non-hydrogen) atoms. The normalized spacial score (nSPS) is 14.4. The lowest BCUT2D eigenvalue weighted by Crippen LogP contribution is -2.30. The molecule has 6 nitrogen and oxygen atoms in total. The molecule has 0 unspecified atom stereocenters. The van der Waals surface area contributed by atoms with Crippen molar-refractivity contribution in [2.24, 2.45) is 0 Å². The molecular weight excluding hydrogens is 392 g/mol. The van der Waals surface area contributed by atoms with E-state index in [1.165, 1.54) is 30.9 Å². The Morgan fingerprint density at radius 3 is 2.26 bits per heavy atom. The smallest absolute Gasteiger partial charge is 0.244 e. The first-order chi connectivity index (χ1) is 15.1. The van der Waals surface area contributed by atoms with Crippen LogP contribution in [0.5, 0.6) is 17.2 Å². The summed E-state index contributed by atoms with van der Waals surface area (Å²) in [6, 6.07) is 11.9. The van der Waals surface area contributed by atoms with Gasteiger partial charge in [0, 0.05) is 30.8 Å². The number of hydrogen-bond acceptors (Lipinski definition) is 5. The molecule has 0 bridgehead atoms. The Bertz CT molecular complexity index is 904. The van der Waals surface area contributed by atoms with Crippen molar-refractivity contribution < 1.29 is 19.0 Å². The van der Waals surface area contributed by atoms with Crippen LogP contribution in [-0.2, 0) is 17.9 Å². The monoisotopic (exact) mass is 424 g/mol. The van der Waals surface area contributed by atoms with E-state index in [0.29, 0.717) is 23.8 Å². The number of piperidine rings is 1. The molecular formula is C25H32N2O4. The van der Waals surface area contributed by atoms with Gasteiger partial charge >= 0.3 is 0 Å². The fourth-order valence-electron chi connectivity index (χ4n) is 3.83. The largest absolute Gasteiger partial charge is 0.496 e. The van der Waals surface area contributed by atoms with Gasteiger partial charge in [0.15, 0.2) is 11.5 Å². The lowest BCUT2D eigenvalue weighted by molar-refractivity contribution is -0.116. The minimum atomic E-state index is -0.162. The standard InChI is InChI=1S/C25H32N2O4/c1-29-22-16-24(31-3)23(30-2)15-19(22)11-12-25(28)26-17-20-9-5-6-10-21(20)18-27-13-7-4-8-14-27/h5-6,9-12,15-16H,4,7-8,13-14,17-18H2,1-3H3,(H,26,28)/b12-11+. The highest BCUT2D eigenvalue weighted by Gasteiger charge is 2.13. The van der Waals surface area contributed by atoms with Gasteiger partial charge in [0.2, 0.25) is 5.91 Å². The first-order valence-corrected chi connectivity index (χ1v) is 10.7. The van der Waals surface area contributed by atoms with E-state index >= 15 is 0 Å². The van der Waals surface area contributed by atoms with Crippen LogP contribution >= 0.6 is 0 Å². The number of methoxy groups -OCH3 is 3. The van der Waals surface area contributed by atoms with Crippen LogP contribution in [0, 0.1) is 0 Å². The molecule has 166 valence electrons. The van der Waals surface area contributed by atoms with Gasteiger partial charge in [-0.25, -0.2) is 0 Å². The summed E-state index contributed by atoms with van der Waals surface area (Å²) in [5, 5.41) is 2.99. The Morgan fingerprint density at radius 2 is 1.58 bits per heavy atom. The number of nitrogens with one attached hydrogen (secondary N) is 1. The van der Waals surface area contributed by atoms with Crippen LogP contribution in [0.4, 0.5) is 0 Å². The van der Waals surface area contributed by atoms with Crippen LogP contribution in [-0.4, -0.2) is 45.2 Å². The van der Waals surface area contributed by atoms with E-state index < -0.39 is 0 Å². The molecule has 1 aliphatic heterocycles. The summed E-state index contributed by atoms with van der Waals surface area (Å²) in [5.41, 5.74) is 3.16. The zero-order chi connectivity index (χ0) is 22.1. The summed E-state index contributed by atoms with van der Waals surface area (Å²) in [7, 11) is 4.73. The third-order valence-corrected chi connectivity index (χ3v) is 5.56. The zero-order valence-corrected chi connectivity index (χ0v) is 18.6. The summed E-state index contributed by atoms with van der Waals surface area (Å²) in [4.78, 5) is 15.0. The van der Waals surface area contributed by atoms with Gasteiger partial charge in [-0.05, 0) is 49.2 Å². The molecule has 0 atom stereocenters. The third kappa shape index (κ3) is 6.25. The molecule has 0 aliphatic carbocycles. The van der Waals surface area contributed by atoms with Crippen LogP contribution < -0.4 is 19.5 Å². The quantitative estimate of drug-likeness (QED) is 0.616. The highest BCUT2D eigenvalue weighted by atomic mass is 16.5. The molecule has 0 radical (unpaired) electrons. The second-order valence-corrected chi connectivity index (χ2v) is 7.61. The van der Waals surface area contributed by atoms with Gasteiger partial charge in [-0.15, -0.1) is 0 Å². The average molecular weight is 425 g/mol. The third-order valence-electron chi connectivity index (χ3n) is 5.56. The molecule has 3 rings (SSSR count). The van der Waals surface area contributed by atoms with Crippen LogP contribution in [0.1, 0.15) is 36.0 Å². The summed E-state index contributed by atoms with van der Waals surface area (Å²) in [5.74, 6) is 1.60. The minimum Gasteiger partial charge on any atom is -0.496 e. The number of benzene rings is 2. The molecule has 1 saturated heterocycles. The lowest BCUT2D eigenvalue weighted by Gasteiger charge is -2.27. The van der Waals surface area contributed by atoms with Crippen molar-refractivity contribution in [2.45, 2.75) is 32.4 Å². The van der Waals surface area contributed by atoms with E-state index in [0.717, 1.165) is 30.8 Å². The van der Waals surface area contributed by atoms with Gasteiger partial charge < -0.3 is 19.5 Å². The van der Waals surface area contributed by atoms with Gasteiger partial charge in [-0.3, -0.25) is 9.69 Å². The predicted octanol–water partition coefficient (Wildman–Crippen LogP) is 4.03. The number of amides is 1. The maximum atomic E-state index is 12.5. The summed E-state index contributed by atoms with van der Waals surface area (Å²) < 4.78 is 16.1.